The van der Waals surface area contributed by atoms with Gasteiger partial charge in [-0.25, -0.2) is 0 Å². The highest BCUT2D eigenvalue weighted by atomic mass is 16.4. The molecule has 19 heavy (non-hydrogen) atoms. The summed E-state index contributed by atoms with van der Waals surface area (Å²) < 4.78 is 0. The van der Waals surface area contributed by atoms with Crippen molar-refractivity contribution in [3.05, 3.63) is 0 Å². The number of piperazine rings is 1. The summed E-state index contributed by atoms with van der Waals surface area (Å²) in [5, 5.41) is 9.48. The fourth-order valence-corrected chi connectivity index (χ4v) is 3.89. The lowest BCUT2D eigenvalue weighted by Gasteiger charge is -2.41. The van der Waals surface area contributed by atoms with Crippen LogP contribution in [0.25, 0.3) is 0 Å². The Morgan fingerprint density at radius 3 is 2.11 bits per heavy atom. The zero-order chi connectivity index (χ0) is 13.2. The Morgan fingerprint density at radius 2 is 1.47 bits per heavy atom. The van der Waals surface area contributed by atoms with Crippen molar-refractivity contribution >= 4 is 5.97 Å². The van der Waals surface area contributed by atoms with Gasteiger partial charge in [-0.1, -0.05) is 19.3 Å². The molecule has 2 saturated carbocycles. The number of aliphatic carboxylic acids is 1. The molecule has 1 heterocycles. The first-order chi connectivity index (χ1) is 9.25. The van der Waals surface area contributed by atoms with Gasteiger partial charge in [-0.05, 0) is 25.7 Å². The van der Waals surface area contributed by atoms with Crippen LogP contribution in [0.3, 0.4) is 0 Å². The average Bonchev–Trinajstić information content (AvgIpc) is 3.25. The number of rotatable bonds is 3. The lowest BCUT2D eigenvalue weighted by Crippen LogP contribution is -2.53. The molecule has 4 heteroatoms. The second-order valence-electron chi connectivity index (χ2n) is 6.45. The monoisotopic (exact) mass is 266 g/mol. The van der Waals surface area contributed by atoms with Crippen molar-refractivity contribution in [1.82, 2.24) is 9.80 Å². The summed E-state index contributed by atoms with van der Waals surface area (Å²) in [4.78, 5) is 16.6. The zero-order valence-electron chi connectivity index (χ0n) is 11.8. The fourth-order valence-electron chi connectivity index (χ4n) is 3.89. The van der Waals surface area contributed by atoms with Crippen LogP contribution in [0, 0.1) is 5.92 Å². The summed E-state index contributed by atoms with van der Waals surface area (Å²) in [5.74, 6) is -0.702. The van der Waals surface area contributed by atoms with Gasteiger partial charge in [-0.2, -0.15) is 0 Å². The summed E-state index contributed by atoms with van der Waals surface area (Å²) in [6.07, 6.45) is 8.22. The predicted molar refractivity (Wildman–Crippen MR) is 74.2 cm³/mol. The van der Waals surface area contributed by atoms with Gasteiger partial charge in [0.25, 0.3) is 0 Å². The molecular formula is C15H26N2O2. The van der Waals surface area contributed by atoms with Gasteiger partial charge in [0.05, 0.1) is 5.92 Å². The number of carbonyl (C=O) groups is 1. The summed E-state index contributed by atoms with van der Waals surface area (Å²) in [6.45, 7) is 4.44. The van der Waals surface area contributed by atoms with E-state index in [1.165, 1.54) is 25.7 Å². The summed E-state index contributed by atoms with van der Waals surface area (Å²) >= 11 is 0. The Hall–Kier alpha value is -0.610. The van der Waals surface area contributed by atoms with Gasteiger partial charge in [0.1, 0.15) is 0 Å². The summed E-state index contributed by atoms with van der Waals surface area (Å²) in [5.41, 5.74) is 0. The van der Waals surface area contributed by atoms with Crippen LogP contribution >= 0.6 is 0 Å². The highest BCUT2D eigenvalue weighted by molar-refractivity contribution is 5.70. The van der Waals surface area contributed by atoms with Crippen LogP contribution < -0.4 is 0 Å². The maximum Gasteiger partial charge on any atom is 0.308 e. The first-order valence-corrected chi connectivity index (χ1v) is 7.96. The van der Waals surface area contributed by atoms with E-state index in [2.05, 4.69) is 9.80 Å². The molecule has 2 atom stereocenters. The molecule has 0 aromatic heterocycles. The summed E-state index contributed by atoms with van der Waals surface area (Å²) in [6, 6.07) is 1.15. The van der Waals surface area contributed by atoms with Crippen molar-refractivity contribution in [2.45, 2.75) is 57.0 Å². The van der Waals surface area contributed by atoms with Crippen LogP contribution in [-0.2, 0) is 4.79 Å². The number of carboxylic acid groups (broad SMARTS) is 1. The predicted octanol–water partition coefficient (Wildman–Crippen LogP) is 1.80. The van der Waals surface area contributed by atoms with Crippen molar-refractivity contribution in [2.24, 2.45) is 5.92 Å². The number of hydrogen-bond acceptors (Lipinski definition) is 3. The molecule has 3 rings (SSSR count). The van der Waals surface area contributed by atoms with Crippen LogP contribution in [0.5, 0.6) is 0 Å². The van der Waals surface area contributed by atoms with Gasteiger partial charge < -0.3 is 5.11 Å². The molecule has 108 valence electrons. The van der Waals surface area contributed by atoms with E-state index < -0.39 is 5.97 Å². The van der Waals surface area contributed by atoms with Gasteiger partial charge >= 0.3 is 5.97 Å². The molecule has 3 fully saturated rings. The Labute approximate surface area is 115 Å². The van der Waals surface area contributed by atoms with E-state index in [9.17, 15) is 9.90 Å². The zero-order valence-corrected chi connectivity index (χ0v) is 11.8. The van der Waals surface area contributed by atoms with Gasteiger partial charge in [-0.3, -0.25) is 14.6 Å². The Kier molecular flexibility index (Phi) is 4.08. The fraction of sp³-hybridized carbons (Fsp3) is 0.933. The van der Waals surface area contributed by atoms with Crippen LogP contribution in [0.2, 0.25) is 0 Å². The van der Waals surface area contributed by atoms with E-state index in [0.717, 1.165) is 51.5 Å². The van der Waals surface area contributed by atoms with E-state index in [1.807, 2.05) is 0 Å². The average molecular weight is 266 g/mol. The Morgan fingerprint density at radius 1 is 0.842 bits per heavy atom. The van der Waals surface area contributed by atoms with Crippen LogP contribution in [0.1, 0.15) is 44.9 Å². The minimum atomic E-state index is -0.573. The van der Waals surface area contributed by atoms with Gasteiger partial charge in [0, 0.05) is 38.3 Å². The molecule has 0 spiro atoms. The molecule has 4 nitrogen and oxygen atoms in total. The molecule has 0 radical (unpaired) electrons. The third kappa shape index (κ3) is 3.11. The molecule has 3 aliphatic rings. The number of hydrogen-bond donors (Lipinski definition) is 1. The normalized spacial score (nSPS) is 34.9. The van der Waals surface area contributed by atoms with Crippen molar-refractivity contribution in [2.75, 3.05) is 26.2 Å². The first-order valence-electron chi connectivity index (χ1n) is 7.96. The maximum atomic E-state index is 11.5. The van der Waals surface area contributed by atoms with E-state index in [0.29, 0.717) is 6.04 Å². The van der Waals surface area contributed by atoms with Crippen molar-refractivity contribution in [3.63, 3.8) is 0 Å². The van der Waals surface area contributed by atoms with Crippen molar-refractivity contribution < 1.29 is 9.90 Å². The van der Waals surface area contributed by atoms with Crippen molar-refractivity contribution in [1.29, 1.82) is 0 Å². The summed E-state index contributed by atoms with van der Waals surface area (Å²) in [7, 11) is 0. The van der Waals surface area contributed by atoms with E-state index in [4.69, 9.17) is 0 Å². The quantitative estimate of drug-likeness (QED) is 0.791. The molecule has 0 amide bonds. The highest BCUT2D eigenvalue weighted by Gasteiger charge is 2.37. The highest BCUT2D eigenvalue weighted by Crippen LogP contribution is 2.31. The molecule has 0 aromatic carbocycles. The van der Waals surface area contributed by atoms with Crippen molar-refractivity contribution in [3.8, 4) is 0 Å². The van der Waals surface area contributed by atoms with Gasteiger partial charge in [0.15, 0.2) is 0 Å². The maximum absolute atomic E-state index is 11.5. The standard InChI is InChI=1S/C15H26N2O2/c18-15(19)13-4-2-1-3-5-14(13)17-10-8-16(9-11-17)12-6-7-12/h12-14H,1-11H2,(H,18,19). The van der Waals surface area contributed by atoms with Gasteiger partial charge in [-0.15, -0.1) is 0 Å². The second kappa shape index (κ2) is 5.80. The molecular weight excluding hydrogens is 240 g/mol. The molecule has 2 aliphatic carbocycles. The van der Waals surface area contributed by atoms with Crippen LogP contribution in [0.15, 0.2) is 0 Å². The topological polar surface area (TPSA) is 43.8 Å². The lowest BCUT2D eigenvalue weighted by atomic mass is 9.93. The minimum absolute atomic E-state index is 0.130. The molecule has 1 N–H and O–H groups in total. The smallest absolute Gasteiger partial charge is 0.308 e. The molecule has 2 unspecified atom stereocenters. The molecule has 1 aliphatic heterocycles. The number of carboxylic acids is 1. The van der Waals surface area contributed by atoms with E-state index in [1.54, 1.807) is 0 Å². The third-order valence-electron chi connectivity index (χ3n) is 5.18. The largest absolute Gasteiger partial charge is 0.481 e. The van der Waals surface area contributed by atoms with Crippen LogP contribution in [0.4, 0.5) is 0 Å². The first kappa shape index (κ1) is 13.4. The Bertz CT molecular complexity index is 322. The third-order valence-corrected chi connectivity index (χ3v) is 5.18. The van der Waals surface area contributed by atoms with E-state index >= 15 is 0 Å². The van der Waals surface area contributed by atoms with Crippen LogP contribution in [-0.4, -0.2) is 59.1 Å². The van der Waals surface area contributed by atoms with Gasteiger partial charge in [0.2, 0.25) is 0 Å². The lowest BCUT2D eigenvalue weighted by molar-refractivity contribution is -0.145. The SMILES string of the molecule is O=C(O)C1CCCCCC1N1CCN(C2CC2)CC1. The van der Waals surface area contributed by atoms with E-state index in [-0.39, 0.29) is 5.92 Å². The molecule has 0 bridgehead atoms. The minimum Gasteiger partial charge on any atom is -0.481 e. The molecule has 1 saturated heterocycles. The Balaban J connectivity index is 1.60. The second-order valence-corrected chi connectivity index (χ2v) is 6.45. The number of nitrogens with zero attached hydrogens (tertiary/aromatic N) is 2. The molecule has 0 aromatic rings.